The normalized spacial score (nSPS) is 17.3. The van der Waals surface area contributed by atoms with Crippen molar-refractivity contribution in [3.8, 4) is 11.8 Å². The number of hydrogen-bond donors (Lipinski definition) is 0. The van der Waals surface area contributed by atoms with E-state index in [1.165, 1.54) is 7.11 Å². The maximum absolute atomic E-state index is 12.6. The Hall–Kier alpha value is -2.57. The number of carbonyl (C=O) groups is 1. The molecule has 7 nitrogen and oxygen atoms in total. The Balaban J connectivity index is 1.66. The van der Waals surface area contributed by atoms with Crippen LogP contribution in [0.4, 0.5) is 0 Å². The number of aryl methyl sites for hydroxylation is 2. The first-order valence-corrected chi connectivity index (χ1v) is 7.46. The fraction of sp³-hybridized carbons (Fsp3) is 0.438. The monoisotopic (exact) mass is 317 g/mol. The lowest BCUT2D eigenvalue weighted by Gasteiger charge is -2.17. The minimum Gasteiger partial charge on any atom is -0.477 e. The highest BCUT2D eigenvalue weighted by Gasteiger charge is 2.30. The molecule has 7 heteroatoms. The van der Waals surface area contributed by atoms with E-state index in [2.05, 4.69) is 9.97 Å². The van der Waals surface area contributed by atoms with Gasteiger partial charge in [0.2, 0.25) is 0 Å². The zero-order chi connectivity index (χ0) is 16.4. The molecule has 0 N–H and O–H groups in total. The van der Waals surface area contributed by atoms with Crippen LogP contribution in [0.2, 0.25) is 0 Å². The molecule has 1 atom stereocenters. The summed E-state index contributed by atoms with van der Waals surface area (Å²) in [6.07, 6.45) is 3.70. The summed E-state index contributed by atoms with van der Waals surface area (Å²) in [5.74, 6) is 2.05. The van der Waals surface area contributed by atoms with E-state index >= 15 is 0 Å². The molecule has 1 saturated heterocycles. The van der Waals surface area contributed by atoms with E-state index in [0.29, 0.717) is 36.2 Å². The molecule has 0 radical (unpaired) electrons. The fourth-order valence-corrected chi connectivity index (χ4v) is 2.71. The van der Waals surface area contributed by atoms with E-state index in [0.717, 1.165) is 12.2 Å². The predicted octanol–water partition coefficient (Wildman–Crippen LogP) is 1.99. The third kappa shape index (κ3) is 3.13. The molecule has 23 heavy (non-hydrogen) atoms. The number of amides is 1. The molecule has 2 aromatic heterocycles. The maximum Gasteiger partial charge on any atom is 0.278 e. The topological polar surface area (TPSA) is 77.7 Å². The second-order valence-corrected chi connectivity index (χ2v) is 5.48. The van der Waals surface area contributed by atoms with Crippen LogP contribution in [0.1, 0.15) is 28.3 Å². The van der Waals surface area contributed by atoms with E-state index in [9.17, 15) is 4.79 Å². The van der Waals surface area contributed by atoms with Crippen molar-refractivity contribution in [2.45, 2.75) is 26.4 Å². The van der Waals surface area contributed by atoms with E-state index in [-0.39, 0.29) is 12.0 Å². The molecular formula is C16H19N3O4. The first kappa shape index (κ1) is 15.3. The number of carbonyl (C=O) groups excluding carboxylic acids is 1. The molecule has 0 aromatic carbocycles. The minimum atomic E-state index is -0.127. The number of rotatable bonds is 4. The van der Waals surface area contributed by atoms with Crippen LogP contribution < -0.4 is 9.47 Å². The van der Waals surface area contributed by atoms with Gasteiger partial charge in [0.15, 0.2) is 0 Å². The number of nitrogens with zero attached hydrogens (tertiary/aromatic N) is 3. The average Bonchev–Trinajstić information content (AvgIpc) is 3.13. The van der Waals surface area contributed by atoms with Gasteiger partial charge in [-0.15, -0.1) is 0 Å². The molecule has 0 aliphatic carbocycles. The number of aromatic nitrogens is 2. The van der Waals surface area contributed by atoms with Crippen LogP contribution in [0.3, 0.4) is 0 Å². The molecule has 122 valence electrons. The average molecular weight is 317 g/mol. The van der Waals surface area contributed by atoms with Gasteiger partial charge < -0.3 is 18.8 Å². The summed E-state index contributed by atoms with van der Waals surface area (Å²) in [6.45, 7) is 4.77. The molecule has 1 unspecified atom stereocenters. The van der Waals surface area contributed by atoms with Crippen LogP contribution in [0.25, 0.3) is 0 Å². The van der Waals surface area contributed by atoms with Crippen LogP contribution in [0, 0.1) is 13.8 Å². The lowest BCUT2D eigenvalue weighted by atomic mass is 10.2. The quantitative estimate of drug-likeness (QED) is 0.858. The van der Waals surface area contributed by atoms with Crippen molar-refractivity contribution < 1.29 is 18.7 Å². The highest BCUT2D eigenvalue weighted by Crippen LogP contribution is 2.25. The smallest absolute Gasteiger partial charge is 0.278 e. The highest BCUT2D eigenvalue weighted by atomic mass is 16.5. The SMILES string of the molecule is COc1nccnc1OC1CCN(C(=O)c2cc(C)oc2C)C1. The Morgan fingerprint density at radius 1 is 1.30 bits per heavy atom. The number of methoxy groups -OCH3 is 1. The molecule has 1 fully saturated rings. The van der Waals surface area contributed by atoms with Crippen molar-refractivity contribution in [3.05, 3.63) is 35.5 Å². The van der Waals surface area contributed by atoms with Crippen molar-refractivity contribution in [3.63, 3.8) is 0 Å². The molecule has 1 aliphatic heterocycles. The third-order valence-corrected chi connectivity index (χ3v) is 3.81. The molecule has 2 aromatic rings. The van der Waals surface area contributed by atoms with Gasteiger partial charge in [-0.3, -0.25) is 4.79 Å². The Morgan fingerprint density at radius 3 is 2.70 bits per heavy atom. The second-order valence-electron chi connectivity index (χ2n) is 5.48. The summed E-state index contributed by atoms with van der Waals surface area (Å²) in [5.41, 5.74) is 0.611. The van der Waals surface area contributed by atoms with Gasteiger partial charge in [-0.05, 0) is 19.9 Å². The molecule has 3 rings (SSSR count). The van der Waals surface area contributed by atoms with Crippen molar-refractivity contribution in [1.82, 2.24) is 14.9 Å². The molecule has 0 bridgehead atoms. The zero-order valence-electron chi connectivity index (χ0n) is 13.4. The molecule has 1 aliphatic rings. The summed E-state index contributed by atoms with van der Waals surface area (Å²) in [4.78, 5) is 22.5. The Bertz CT molecular complexity index is 713. The first-order chi connectivity index (χ1) is 11.1. The van der Waals surface area contributed by atoms with Crippen LogP contribution in [0.5, 0.6) is 11.8 Å². The van der Waals surface area contributed by atoms with Crippen molar-refractivity contribution >= 4 is 5.91 Å². The number of ether oxygens (including phenoxy) is 2. The lowest BCUT2D eigenvalue weighted by molar-refractivity contribution is 0.0768. The van der Waals surface area contributed by atoms with E-state index in [1.54, 1.807) is 30.3 Å². The maximum atomic E-state index is 12.6. The summed E-state index contributed by atoms with van der Waals surface area (Å²) in [7, 11) is 1.52. The lowest BCUT2D eigenvalue weighted by Crippen LogP contribution is -2.31. The summed E-state index contributed by atoms with van der Waals surface area (Å²) in [6, 6.07) is 1.78. The largest absolute Gasteiger partial charge is 0.477 e. The predicted molar refractivity (Wildman–Crippen MR) is 81.7 cm³/mol. The Morgan fingerprint density at radius 2 is 2.04 bits per heavy atom. The summed E-state index contributed by atoms with van der Waals surface area (Å²) < 4.78 is 16.4. The molecule has 1 amide bonds. The fourth-order valence-electron chi connectivity index (χ4n) is 2.71. The van der Waals surface area contributed by atoms with Gasteiger partial charge in [0.05, 0.1) is 19.2 Å². The summed E-state index contributed by atoms with van der Waals surface area (Å²) >= 11 is 0. The third-order valence-electron chi connectivity index (χ3n) is 3.81. The number of likely N-dealkylation sites (tertiary alicyclic amines) is 1. The van der Waals surface area contributed by atoms with Gasteiger partial charge in [-0.25, -0.2) is 9.97 Å². The van der Waals surface area contributed by atoms with Crippen LogP contribution >= 0.6 is 0 Å². The second kappa shape index (κ2) is 6.28. The van der Waals surface area contributed by atoms with Crippen molar-refractivity contribution in [1.29, 1.82) is 0 Å². The van der Waals surface area contributed by atoms with Crippen molar-refractivity contribution in [2.24, 2.45) is 0 Å². The Labute approximate surface area is 134 Å². The van der Waals surface area contributed by atoms with E-state index < -0.39 is 0 Å². The summed E-state index contributed by atoms with van der Waals surface area (Å²) in [5, 5.41) is 0. The highest BCUT2D eigenvalue weighted by molar-refractivity contribution is 5.95. The van der Waals surface area contributed by atoms with E-state index in [4.69, 9.17) is 13.9 Å². The zero-order valence-corrected chi connectivity index (χ0v) is 13.4. The van der Waals surface area contributed by atoms with Crippen LogP contribution in [0.15, 0.2) is 22.9 Å². The molecule has 0 saturated carbocycles. The van der Waals surface area contributed by atoms with Gasteiger partial charge in [0, 0.05) is 25.4 Å². The standard InChI is InChI=1S/C16H19N3O4/c1-10-8-13(11(2)22-10)16(20)19-7-4-12(9-19)23-15-14(21-3)17-5-6-18-15/h5-6,8,12H,4,7,9H2,1-3H3. The molecule has 3 heterocycles. The van der Waals surface area contributed by atoms with E-state index in [1.807, 2.05) is 6.92 Å². The first-order valence-electron chi connectivity index (χ1n) is 7.46. The number of furan rings is 1. The number of hydrogen-bond acceptors (Lipinski definition) is 6. The Kier molecular flexibility index (Phi) is 4.18. The van der Waals surface area contributed by atoms with Gasteiger partial charge in [0.1, 0.15) is 17.6 Å². The molecule has 0 spiro atoms. The minimum absolute atomic E-state index is 0.0310. The molecular weight excluding hydrogens is 298 g/mol. The van der Waals surface area contributed by atoms with Crippen molar-refractivity contribution in [2.75, 3.05) is 20.2 Å². The van der Waals surface area contributed by atoms with Gasteiger partial charge in [0.25, 0.3) is 17.7 Å². The van der Waals surface area contributed by atoms with Gasteiger partial charge in [-0.2, -0.15) is 0 Å². The van der Waals surface area contributed by atoms with Gasteiger partial charge in [-0.1, -0.05) is 0 Å². The van der Waals surface area contributed by atoms with Crippen LogP contribution in [-0.4, -0.2) is 47.1 Å². The van der Waals surface area contributed by atoms with Gasteiger partial charge >= 0.3 is 0 Å². The van der Waals surface area contributed by atoms with Crippen LogP contribution in [-0.2, 0) is 0 Å².